The number of hydrogen-bond donors (Lipinski definition) is 2. The van der Waals surface area contributed by atoms with Gasteiger partial charge in [-0.15, -0.1) is 0 Å². The molecule has 28 heavy (non-hydrogen) atoms. The normalized spacial score (nSPS) is 12.0. The molecule has 2 amide bonds. The lowest BCUT2D eigenvalue weighted by atomic mass is 10.2. The Kier molecular flexibility index (Phi) is 6.63. The quantitative estimate of drug-likeness (QED) is 0.736. The Morgan fingerprint density at radius 2 is 1.61 bits per heavy atom. The summed E-state index contributed by atoms with van der Waals surface area (Å²) in [6, 6.07) is 12.0. The zero-order valence-electron chi connectivity index (χ0n) is 16.1. The second-order valence-corrected chi connectivity index (χ2v) is 8.04. The number of sulfonamides is 1. The molecule has 0 aliphatic rings. The summed E-state index contributed by atoms with van der Waals surface area (Å²) in [5.41, 5.74) is 1.30. The number of ether oxygens (including phenoxy) is 1. The molecule has 0 aromatic heterocycles. The van der Waals surface area contributed by atoms with Gasteiger partial charge in [-0.3, -0.25) is 13.9 Å². The van der Waals surface area contributed by atoms with E-state index in [1.807, 2.05) is 0 Å². The van der Waals surface area contributed by atoms with Crippen LogP contribution in [0.2, 0.25) is 0 Å². The van der Waals surface area contributed by atoms with E-state index in [9.17, 15) is 18.0 Å². The van der Waals surface area contributed by atoms with Gasteiger partial charge in [0.2, 0.25) is 21.8 Å². The van der Waals surface area contributed by atoms with Crippen LogP contribution < -0.4 is 19.7 Å². The Labute approximate surface area is 164 Å². The van der Waals surface area contributed by atoms with Crippen LogP contribution in [0.3, 0.4) is 0 Å². The van der Waals surface area contributed by atoms with Crippen LogP contribution in [0.1, 0.15) is 13.8 Å². The minimum atomic E-state index is -3.72. The zero-order chi connectivity index (χ0) is 20.9. The van der Waals surface area contributed by atoms with Gasteiger partial charge < -0.3 is 15.4 Å². The Bertz CT molecular complexity index is 958. The van der Waals surface area contributed by atoms with Gasteiger partial charge >= 0.3 is 0 Å². The van der Waals surface area contributed by atoms with Crippen molar-refractivity contribution in [2.45, 2.75) is 19.9 Å². The smallest absolute Gasteiger partial charge is 0.247 e. The van der Waals surface area contributed by atoms with Crippen LogP contribution in [0.5, 0.6) is 5.75 Å². The fraction of sp³-hybridized carbons (Fsp3) is 0.263. The van der Waals surface area contributed by atoms with Gasteiger partial charge in [0.05, 0.1) is 19.1 Å². The first-order valence-corrected chi connectivity index (χ1v) is 10.3. The number of rotatable bonds is 7. The van der Waals surface area contributed by atoms with Gasteiger partial charge in [0.15, 0.2) is 0 Å². The number of hydrogen-bond acceptors (Lipinski definition) is 5. The maximum absolute atomic E-state index is 12.7. The lowest BCUT2D eigenvalue weighted by Crippen LogP contribution is -2.45. The summed E-state index contributed by atoms with van der Waals surface area (Å²) in [7, 11) is -2.22. The first-order chi connectivity index (χ1) is 13.1. The highest BCUT2D eigenvalue weighted by atomic mass is 32.2. The second-order valence-electron chi connectivity index (χ2n) is 6.18. The number of carbonyl (C=O) groups excluding carboxylic acids is 2. The van der Waals surface area contributed by atoms with Gasteiger partial charge in [-0.2, -0.15) is 0 Å². The Morgan fingerprint density at radius 1 is 1.04 bits per heavy atom. The summed E-state index contributed by atoms with van der Waals surface area (Å²) in [4.78, 5) is 23.9. The van der Waals surface area contributed by atoms with Crippen molar-refractivity contribution in [2.75, 3.05) is 28.3 Å². The van der Waals surface area contributed by atoms with E-state index < -0.39 is 22.0 Å². The van der Waals surface area contributed by atoms with Crippen LogP contribution in [0.4, 0.5) is 17.1 Å². The maximum atomic E-state index is 12.7. The molecular weight excluding hydrogens is 382 g/mol. The highest BCUT2D eigenvalue weighted by Gasteiger charge is 2.29. The molecular formula is C19H23N3O5S. The molecule has 2 rings (SSSR count). The van der Waals surface area contributed by atoms with Crippen LogP contribution in [0.15, 0.2) is 48.5 Å². The SMILES string of the molecule is COc1ccc(N([C@H](C)C(=O)Nc2cccc(NC(C)=O)c2)S(C)(=O)=O)cc1. The van der Waals surface area contributed by atoms with Crippen LogP contribution in [0, 0.1) is 0 Å². The van der Waals surface area contributed by atoms with Crippen LogP contribution in [-0.2, 0) is 19.6 Å². The monoisotopic (exact) mass is 405 g/mol. The van der Waals surface area contributed by atoms with Crippen molar-refractivity contribution < 1.29 is 22.7 Å². The first-order valence-electron chi connectivity index (χ1n) is 8.44. The molecule has 2 N–H and O–H groups in total. The van der Waals surface area contributed by atoms with E-state index in [2.05, 4.69) is 10.6 Å². The Balaban J connectivity index is 2.25. The van der Waals surface area contributed by atoms with Gasteiger partial charge in [0, 0.05) is 18.3 Å². The topological polar surface area (TPSA) is 105 Å². The Hall–Kier alpha value is -3.07. The molecule has 0 aliphatic heterocycles. The van der Waals surface area contributed by atoms with Gasteiger partial charge in [-0.25, -0.2) is 8.42 Å². The van der Waals surface area contributed by atoms with Crippen LogP contribution in [0.25, 0.3) is 0 Å². The second kappa shape index (κ2) is 8.75. The van der Waals surface area contributed by atoms with Crippen molar-refractivity contribution in [1.82, 2.24) is 0 Å². The van der Waals surface area contributed by atoms with Gasteiger partial charge in [-0.1, -0.05) is 6.07 Å². The third-order valence-electron chi connectivity index (χ3n) is 3.87. The summed E-state index contributed by atoms with van der Waals surface area (Å²) in [6.07, 6.45) is 1.04. The molecule has 2 aromatic rings. The molecule has 0 saturated carbocycles. The molecule has 0 heterocycles. The summed E-state index contributed by atoms with van der Waals surface area (Å²) in [6.45, 7) is 2.88. The lowest BCUT2D eigenvalue weighted by molar-refractivity contribution is -0.117. The predicted molar refractivity (Wildman–Crippen MR) is 109 cm³/mol. The zero-order valence-corrected chi connectivity index (χ0v) is 16.9. The van der Waals surface area contributed by atoms with Crippen molar-refractivity contribution >= 4 is 38.9 Å². The molecule has 150 valence electrons. The van der Waals surface area contributed by atoms with Crippen molar-refractivity contribution in [3.8, 4) is 5.75 Å². The number of methoxy groups -OCH3 is 1. The minimum absolute atomic E-state index is 0.236. The van der Waals surface area contributed by atoms with Crippen LogP contribution >= 0.6 is 0 Å². The summed E-state index contributed by atoms with van der Waals surface area (Å²) in [5.74, 6) is -0.176. The van der Waals surface area contributed by atoms with E-state index in [1.54, 1.807) is 48.5 Å². The molecule has 1 atom stereocenters. The number of amides is 2. The number of anilines is 3. The fourth-order valence-corrected chi connectivity index (χ4v) is 3.84. The molecule has 0 spiro atoms. The standard InChI is InChI=1S/C19H23N3O5S/c1-13(19(24)21-16-7-5-6-15(12-16)20-14(2)23)22(28(4,25)26)17-8-10-18(27-3)11-9-17/h5-13H,1-4H3,(H,20,23)(H,21,24)/t13-/m1/s1. The van der Waals surface area contributed by atoms with Crippen molar-refractivity contribution in [2.24, 2.45) is 0 Å². The van der Waals surface area contributed by atoms with E-state index in [1.165, 1.54) is 21.0 Å². The molecule has 0 bridgehead atoms. The van der Waals surface area contributed by atoms with Crippen molar-refractivity contribution in [3.05, 3.63) is 48.5 Å². The van der Waals surface area contributed by atoms with E-state index in [0.29, 0.717) is 22.8 Å². The largest absolute Gasteiger partial charge is 0.497 e. The fourth-order valence-electron chi connectivity index (χ4n) is 2.66. The van der Waals surface area contributed by atoms with Gasteiger partial charge in [0.1, 0.15) is 11.8 Å². The third kappa shape index (κ3) is 5.46. The van der Waals surface area contributed by atoms with E-state index >= 15 is 0 Å². The van der Waals surface area contributed by atoms with Crippen molar-refractivity contribution in [3.63, 3.8) is 0 Å². The average molecular weight is 405 g/mol. The summed E-state index contributed by atoms with van der Waals surface area (Å²) in [5, 5.41) is 5.30. The average Bonchev–Trinajstić information content (AvgIpc) is 2.61. The van der Waals surface area contributed by atoms with Crippen LogP contribution in [-0.4, -0.2) is 39.6 Å². The Morgan fingerprint density at radius 3 is 2.11 bits per heavy atom. The highest BCUT2D eigenvalue weighted by molar-refractivity contribution is 7.92. The molecule has 0 saturated heterocycles. The van der Waals surface area contributed by atoms with E-state index in [4.69, 9.17) is 4.74 Å². The highest BCUT2D eigenvalue weighted by Crippen LogP contribution is 2.24. The first kappa shape index (κ1) is 21.2. The van der Waals surface area contributed by atoms with Gasteiger partial charge in [-0.05, 0) is 49.4 Å². The molecule has 0 aliphatic carbocycles. The molecule has 8 nitrogen and oxygen atoms in total. The number of carbonyl (C=O) groups is 2. The number of benzene rings is 2. The molecule has 0 fully saturated rings. The van der Waals surface area contributed by atoms with E-state index in [-0.39, 0.29) is 5.91 Å². The molecule has 2 aromatic carbocycles. The maximum Gasteiger partial charge on any atom is 0.247 e. The lowest BCUT2D eigenvalue weighted by Gasteiger charge is -2.28. The van der Waals surface area contributed by atoms with E-state index in [0.717, 1.165) is 10.6 Å². The summed E-state index contributed by atoms with van der Waals surface area (Å²) < 4.78 is 30.8. The predicted octanol–water partition coefficient (Wildman–Crippen LogP) is 2.45. The van der Waals surface area contributed by atoms with Crippen molar-refractivity contribution in [1.29, 1.82) is 0 Å². The minimum Gasteiger partial charge on any atom is -0.497 e. The number of nitrogens with one attached hydrogen (secondary N) is 2. The number of nitrogens with zero attached hydrogens (tertiary/aromatic N) is 1. The van der Waals surface area contributed by atoms with Gasteiger partial charge in [0.25, 0.3) is 0 Å². The summed E-state index contributed by atoms with van der Waals surface area (Å²) >= 11 is 0. The molecule has 9 heteroatoms. The third-order valence-corrected chi connectivity index (χ3v) is 5.11. The molecule has 0 radical (unpaired) electrons. The molecule has 0 unspecified atom stereocenters.